The van der Waals surface area contributed by atoms with Crippen LogP contribution in [0.2, 0.25) is 5.02 Å². The number of halogens is 1. The molecule has 2 N–H and O–H groups in total. The van der Waals surface area contributed by atoms with E-state index in [0.29, 0.717) is 6.54 Å². The molecule has 0 fully saturated rings. The van der Waals surface area contributed by atoms with Crippen LogP contribution in [0.4, 0.5) is 5.82 Å². The van der Waals surface area contributed by atoms with E-state index in [0.717, 1.165) is 41.1 Å². The molecular formula is C21H25ClN4O. The van der Waals surface area contributed by atoms with Gasteiger partial charge in [0.05, 0.1) is 24.1 Å². The van der Waals surface area contributed by atoms with E-state index in [4.69, 9.17) is 11.6 Å². The molecule has 0 saturated heterocycles. The van der Waals surface area contributed by atoms with Crippen LogP contribution in [0.3, 0.4) is 0 Å². The van der Waals surface area contributed by atoms with E-state index in [-0.39, 0.29) is 18.1 Å². The summed E-state index contributed by atoms with van der Waals surface area (Å²) in [5.41, 5.74) is 3.33. The molecule has 1 aromatic carbocycles. The molecule has 0 spiro atoms. The summed E-state index contributed by atoms with van der Waals surface area (Å²) in [5, 5.41) is 15.8. The standard InChI is InChI=1S/C21H25ClN4O/c1-3-13(2)19(27)11-26-10-9-16-20(23-12-24-21(16)26)25-18-8-7-14-15(18)5-4-6-17(14)22/h4-6,9-10,12-13,18-19,27H,3,7-8,11H2,1-2H3,(H,23,24,25)/t13-,18+,19+/m1/s1. The predicted octanol–water partition coefficient (Wildman–Crippen LogP) is 4.59. The Hall–Kier alpha value is -2.11. The molecule has 0 saturated carbocycles. The van der Waals surface area contributed by atoms with E-state index in [1.54, 1.807) is 6.33 Å². The molecule has 1 aliphatic rings. The van der Waals surface area contributed by atoms with Crippen LogP contribution in [-0.2, 0) is 13.0 Å². The molecule has 0 bridgehead atoms. The number of benzene rings is 1. The SMILES string of the molecule is CC[C@@H](C)[C@@H](O)Cn1ccc2c(N[C@H]3CCc4c(Cl)cccc43)ncnc21. The van der Waals surface area contributed by atoms with Gasteiger partial charge >= 0.3 is 0 Å². The molecule has 3 aromatic rings. The highest BCUT2D eigenvalue weighted by Gasteiger charge is 2.25. The monoisotopic (exact) mass is 384 g/mol. The average molecular weight is 385 g/mol. The first-order valence-corrected chi connectivity index (χ1v) is 9.98. The Kier molecular flexibility index (Phi) is 5.06. The molecule has 0 amide bonds. The zero-order valence-electron chi connectivity index (χ0n) is 15.7. The van der Waals surface area contributed by atoms with Gasteiger partial charge in [0.25, 0.3) is 0 Å². The van der Waals surface area contributed by atoms with Crippen molar-refractivity contribution in [2.45, 2.75) is 51.8 Å². The fraction of sp³-hybridized carbons (Fsp3) is 0.429. The van der Waals surface area contributed by atoms with Gasteiger partial charge in [0.1, 0.15) is 17.8 Å². The maximum atomic E-state index is 10.4. The number of fused-ring (bicyclic) bond motifs is 2. The largest absolute Gasteiger partial charge is 0.391 e. The van der Waals surface area contributed by atoms with E-state index >= 15 is 0 Å². The maximum Gasteiger partial charge on any atom is 0.145 e. The molecule has 6 heteroatoms. The number of aromatic nitrogens is 3. The minimum atomic E-state index is -0.388. The summed E-state index contributed by atoms with van der Waals surface area (Å²) in [6.45, 7) is 4.70. The van der Waals surface area contributed by atoms with Gasteiger partial charge in [0.2, 0.25) is 0 Å². The summed E-state index contributed by atoms with van der Waals surface area (Å²) >= 11 is 6.34. The lowest BCUT2D eigenvalue weighted by atomic mass is 10.0. The Balaban J connectivity index is 1.60. The summed E-state index contributed by atoms with van der Waals surface area (Å²) in [7, 11) is 0. The van der Waals surface area contributed by atoms with Crippen LogP contribution in [0.25, 0.3) is 11.0 Å². The molecule has 3 atom stereocenters. The highest BCUT2D eigenvalue weighted by atomic mass is 35.5. The predicted molar refractivity (Wildman–Crippen MR) is 109 cm³/mol. The van der Waals surface area contributed by atoms with E-state index in [9.17, 15) is 5.11 Å². The second-order valence-electron chi connectivity index (χ2n) is 7.42. The van der Waals surface area contributed by atoms with Gasteiger partial charge in [0.15, 0.2) is 0 Å². The van der Waals surface area contributed by atoms with Gasteiger partial charge in [-0.1, -0.05) is 44.0 Å². The van der Waals surface area contributed by atoms with Gasteiger partial charge in [-0.05, 0) is 42.0 Å². The first-order valence-electron chi connectivity index (χ1n) is 9.60. The Morgan fingerprint density at radius 3 is 3.00 bits per heavy atom. The molecule has 142 valence electrons. The average Bonchev–Trinajstić information content (AvgIpc) is 3.27. The topological polar surface area (TPSA) is 63.0 Å². The molecule has 4 rings (SSSR count). The van der Waals surface area contributed by atoms with Crippen molar-refractivity contribution >= 4 is 28.5 Å². The van der Waals surface area contributed by atoms with Crippen LogP contribution >= 0.6 is 11.6 Å². The third-order valence-electron chi connectivity index (χ3n) is 5.77. The third kappa shape index (κ3) is 3.42. The van der Waals surface area contributed by atoms with Gasteiger partial charge in [-0.25, -0.2) is 9.97 Å². The van der Waals surface area contributed by atoms with E-state index in [1.807, 2.05) is 29.0 Å². The molecule has 0 radical (unpaired) electrons. The maximum absolute atomic E-state index is 10.4. The molecule has 5 nitrogen and oxygen atoms in total. The number of rotatable bonds is 6. The quantitative estimate of drug-likeness (QED) is 0.652. The molecule has 0 aliphatic heterocycles. The second kappa shape index (κ2) is 7.49. The first-order chi connectivity index (χ1) is 13.1. The van der Waals surface area contributed by atoms with Gasteiger partial charge < -0.3 is 15.0 Å². The minimum Gasteiger partial charge on any atom is -0.391 e. The van der Waals surface area contributed by atoms with Crippen molar-refractivity contribution < 1.29 is 5.11 Å². The van der Waals surface area contributed by atoms with Crippen LogP contribution < -0.4 is 5.32 Å². The lowest BCUT2D eigenvalue weighted by Gasteiger charge is -2.18. The third-order valence-corrected chi connectivity index (χ3v) is 6.12. The second-order valence-corrected chi connectivity index (χ2v) is 7.83. The van der Waals surface area contributed by atoms with Crippen molar-refractivity contribution in [3.8, 4) is 0 Å². The smallest absolute Gasteiger partial charge is 0.145 e. The number of hydrogen-bond acceptors (Lipinski definition) is 4. The van der Waals surface area contributed by atoms with Crippen LogP contribution in [-0.4, -0.2) is 25.7 Å². The van der Waals surface area contributed by atoms with E-state index in [2.05, 4.69) is 35.2 Å². The van der Waals surface area contributed by atoms with Gasteiger partial charge in [-0.3, -0.25) is 0 Å². The molecule has 1 aliphatic carbocycles. The lowest BCUT2D eigenvalue weighted by molar-refractivity contribution is 0.0977. The van der Waals surface area contributed by atoms with Crippen LogP contribution in [0, 0.1) is 5.92 Å². The van der Waals surface area contributed by atoms with Crippen molar-refractivity contribution in [1.29, 1.82) is 0 Å². The van der Waals surface area contributed by atoms with Crippen LogP contribution in [0.1, 0.15) is 43.9 Å². The zero-order chi connectivity index (χ0) is 19.0. The number of aliphatic hydroxyl groups excluding tert-OH is 1. The summed E-state index contributed by atoms with van der Waals surface area (Å²) in [4.78, 5) is 8.93. The number of aliphatic hydroxyl groups is 1. The number of hydrogen-bond donors (Lipinski definition) is 2. The molecule has 2 aromatic heterocycles. The fourth-order valence-electron chi connectivity index (χ4n) is 3.84. The highest BCUT2D eigenvalue weighted by Crippen LogP contribution is 2.38. The summed E-state index contributed by atoms with van der Waals surface area (Å²) in [6.07, 6.45) is 6.10. The van der Waals surface area contributed by atoms with Crippen molar-refractivity contribution in [2.24, 2.45) is 5.92 Å². The normalized spacial score (nSPS) is 18.4. The van der Waals surface area contributed by atoms with Gasteiger partial charge in [0, 0.05) is 11.2 Å². The van der Waals surface area contributed by atoms with Crippen LogP contribution in [0.5, 0.6) is 0 Å². The Morgan fingerprint density at radius 1 is 1.33 bits per heavy atom. The number of anilines is 1. The van der Waals surface area contributed by atoms with Gasteiger partial charge in [-0.2, -0.15) is 0 Å². The van der Waals surface area contributed by atoms with Crippen LogP contribution in [0.15, 0.2) is 36.8 Å². The first kappa shape index (κ1) is 18.3. The lowest BCUT2D eigenvalue weighted by Crippen LogP contribution is -2.23. The molecule has 0 unspecified atom stereocenters. The Morgan fingerprint density at radius 2 is 2.19 bits per heavy atom. The Bertz CT molecular complexity index is 955. The molecule has 2 heterocycles. The summed E-state index contributed by atoms with van der Waals surface area (Å²) in [5.74, 6) is 1.08. The Labute approximate surface area is 164 Å². The zero-order valence-corrected chi connectivity index (χ0v) is 16.4. The van der Waals surface area contributed by atoms with E-state index in [1.165, 1.54) is 11.1 Å². The summed E-state index contributed by atoms with van der Waals surface area (Å²) in [6, 6.07) is 8.32. The summed E-state index contributed by atoms with van der Waals surface area (Å²) < 4.78 is 2.01. The van der Waals surface area contributed by atoms with Crippen molar-refractivity contribution in [3.63, 3.8) is 0 Å². The fourth-order valence-corrected chi connectivity index (χ4v) is 4.12. The minimum absolute atomic E-state index is 0.200. The molecular weight excluding hydrogens is 360 g/mol. The van der Waals surface area contributed by atoms with Crippen molar-refractivity contribution in [3.05, 3.63) is 52.9 Å². The number of nitrogens with one attached hydrogen (secondary N) is 1. The van der Waals surface area contributed by atoms with Crippen molar-refractivity contribution in [2.75, 3.05) is 5.32 Å². The number of nitrogens with zero attached hydrogens (tertiary/aromatic N) is 3. The van der Waals surface area contributed by atoms with E-state index < -0.39 is 0 Å². The van der Waals surface area contributed by atoms with Crippen molar-refractivity contribution in [1.82, 2.24) is 14.5 Å². The van der Waals surface area contributed by atoms with Gasteiger partial charge in [-0.15, -0.1) is 0 Å². The highest BCUT2D eigenvalue weighted by molar-refractivity contribution is 6.31. The molecule has 27 heavy (non-hydrogen) atoms.